The Bertz CT molecular complexity index is 1500. The lowest BCUT2D eigenvalue weighted by molar-refractivity contribution is 0.0980. The van der Waals surface area contributed by atoms with Crippen molar-refractivity contribution in [3.63, 3.8) is 0 Å². The van der Waals surface area contributed by atoms with E-state index in [1.165, 1.54) is 48.5 Å². The number of hydrogen-bond acceptors (Lipinski definition) is 8. The molecule has 9 nitrogen and oxygen atoms in total. The fourth-order valence-electron chi connectivity index (χ4n) is 3.14. The van der Waals surface area contributed by atoms with Gasteiger partial charge in [0.1, 0.15) is 10.7 Å². The van der Waals surface area contributed by atoms with Crippen LogP contribution in [0.15, 0.2) is 101 Å². The van der Waals surface area contributed by atoms with Crippen LogP contribution in [-0.2, 0) is 10.0 Å². The molecule has 3 N–H and O–H groups in total. The van der Waals surface area contributed by atoms with Crippen molar-refractivity contribution in [2.45, 2.75) is 9.79 Å². The van der Waals surface area contributed by atoms with Crippen LogP contribution in [0.3, 0.4) is 0 Å². The van der Waals surface area contributed by atoms with Gasteiger partial charge in [0, 0.05) is 34.0 Å². The van der Waals surface area contributed by atoms with Crippen LogP contribution in [0.25, 0.3) is 0 Å². The normalized spacial score (nSPS) is 11.0. The monoisotopic (exact) mass is 551 g/mol. The predicted octanol–water partition coefficient (Wildman–Crippen LogP) is 4.19. The molecule has 1 heterocycles. The highest BCUT2D eigenvalue weighted by molar-refractivity contribution is 7.99. The smallest absolute Gasteiger partial charge is 0.267 e. The average molecular weight is 552 g/mol. The summed E-state index contributed by atoms with van der Waals surface area (Å²) in [7, 11) is -4.21. The lowest BCUT2D eigenvalue weighted by Crippen LogP contribution is -2.30. The minimum atomic E-state index is -4.21. The molecule has 0 aliphatic carbocycles. The summed E-state index contributed by atoms with van der Waals surface area (Å²) < 4.78 is 40.2. The first-order valence-electron chi connectivity index (χ1n) is 11.3. The number of nitrogens with one attached hydrogen (secondary N) is 3. The van der Waals surface area contributed by atoms with Gasteiger partial charge in [0.15, 0.2) is 0 Å². The molecular formula is C26H22FN5O4S2. The Labute approximate surface area is 223 Å². The summed E-state index contributed by atoms with van der Waals surface area (Å²) in [4.78, 5) is 33.6. The summed E-state index contributed by atoms with van der Waals surface area (Å²) >= 11 is 1.66. The van der Waals surface area contributed by atoms with Gasteiger partial charge in [-0.25, -0.2) is 27.5 Å². The van der Waals surface area contributed by atoms with Gasteiger partial charge in [-0.2, -0.15) is 0 Å². The molecule has 2 amide bonds. The van der Waals surface area contributed by atoms with Gasteiger partial charge >= 0.3 is 0 Å². The maximum atomic E-state index is 13.0. The van der Waals surface area contributed by atoms with Gasteiger partial charge in [-0.3, -0.25) is 9.59 Å². The Kier molecular flexibility index (Phi) is 8.66. The van der Waals surface area contributed by atoms with Gasteiger partial charge in [-0.05, 0) is 60.7 Å². The van der Waals surface area contributed by atoms with Crippen molar-refractivity contribution in [3.8, 4) is 0 Å². The van der Waals surface area contributed by atoms with Gasteiger partial charge in [-0.1, -0.05) is 18.2 Å². The number of sulfonamides is 1. The molecule has 0 bridgehead atoms. The lowest BCUT2D eigenvalue weighted by Gasteiger charge is -2.09. The Morgan fingerprint density at radius 2 is 1.42 bits per heavy atom. The second-order valence-corrected chi connectivity index (χ2v) is 10.7. The number of carbonyl (C=O) groups is 2. The molecule has 0 saturated heterocycles. The lowest BCUT2D eigenvalue weighted by atomic mass is 10.1. The number of carbonyl (C=O) groups excluding carboxylic acids is 2. The second kappa shape index (κ2) is 12.3. The standard InChI is InChI=1S/C26H22FN5O4S2/c27-20-10-6-18(7-11-20)24(33)31-21-12-8-19(9-13-21)25(34)32-38(35,36)23-16-29-26(30-17-23)28-14-15-37-22-4-2-1-3-5-22/h1-13,16-17H,14-15H2,(H,31,33)(H,32,34)(H,28,29,30). The fraction of sp³-hybridized carbons (Fsp3) is 0.0769. The Balaban J connectivity index is 1.29. The van der Waals surface area contributed by atoms with Crippen molar-refractivity contribution >= 4 is 45.2 Å². The molecule has 0 spiro atoms. The van der Waals surface area contributed by atoms with E-state index in [2.05, 4.69) is 20.6 Å². The third-order valence-electron chi connectivity index (χ3n) is 5.07. The number of benzene rings is 3. The summed E-state index contributed by atoms with van der Waals surface area (Å²) in [6.45, 7) is 0.572. The third kappa shape index (κ3) is 7.37. The highest BCUT2D eigenvalue weighted by Crippen LogP contribution is 2.17. The predicted molar refractivity (Wildman–Crippen MR) is 143 cm³/mol. The highest BCUT2D eigenvalue weighted by Gasteiger charge is 2.20. The minimum Gasteiger partial charge on any atom is -0.353 e. The van der Waals surface area contributed by atoms with E-state index >= 15 is 0 Å². The summed E-state index contributed by atoms with van der Waals surface area (Å²) in [5.74, 6) is -0.751. The van der Waals surface area contributed by atoms with Crippen molar-refractivity contribution < 1.29 is 22.4 Å². The number of aromatic nitrogens is 2. The quantitative estimate of drug-likeness (QED) is 0.198. The van der Waals surface area contributed by atoms with Crippen molar-refractivity contribution in [3.05, 3.63) is 108 Å². The van der Waals surface area contributed by atoms with Crippen molar-refractivity contribution in [2.24, 2.45) is 0 Å². The van der Waals surface area contributed by atoms with Crippen LogP contribution < -0.4 is 15.4 Å². The van der Waals surface area contributed by atoms with E-state index in [9.17, 15) is 22.4 Å². The minimum absolute atomic E-state index is 0.0588. The Hall–Kier alpha value is -4.29. The Morgan fingerprint density at radius 1 is 0.816 bits per heavy atom. The molecule has 0 radical (unpaired) electrons. The first-order chi connectivity index (χ1) is 18.3. The number of nitrogens with zero attached hydrogens (tertiary/aromatic N) is 2. The number of hydrogen-bond donors (Lipinski definition) is 3. The van der Waals surface area contributed by atoms with Crippen LogP contribution in [0.1, 0.15) is 20.7 Å². The number of anilines is 2. The van der Waals surface area contributed by atoms with Gasteiger partial charge in [0.25, 0.3) is 21.8 Å². The zero-order valence-corrected chi connectivity index (χ0v) is 21.4. The zero-order valence-electron chi connectivity index (χ0n) is 19.8. The number of thioether (sulfide) groups is 1. The highest BCUT2D eigenvalue weighted by atomic mass is 32.2. The van der Waals surface area contributed by atoms with Crippen LogP contribution in [-0.4, -0.2) is 42.5 Å². The average Bonchev–Trinajstić information content (AvgIpc) is 2.92. The second-order valence-electron chi connectivity index (χ2n) is 7.80. The van der Waals surface area contributed by atoms with Crippen LogP contribution >= 0.6 is 11.8 Å². The molecule has 12 heteroatoms. The summed E-state index contributed by atoms with van der Waals surface area (Å²) in [6.07, 6.45) is 2.23. The fourth-order valence-corrected chi connectivity index (χ4v) is 4.80. The van der Waals surface area contributed by atoms with E-state index in [1.807, 2.05) is 35.1 Å². The largest absolute Gasteiger partial charge is 0.353 e. The maximum Gasteiger partial charge on any atom is 0.267 e. The van der Waals surface area contributed by atoms with E-state index < -0.39 is 27.7 Å². The zero-order chi connectivity index (χ0) is 27.0. The molecule has 0 aliphatic heterocycles. The first kappa shape index (κ1) is 26.8. The molecule has 0 aliphatic rings. The number of halogens is 1. The molecule has 4 aromatic rings. The summed E-state index contributed by atoms with van der Waals surface area (Å²) in [6, 6.07) is 20.5. The molecule has 0 atom stereocenters. The third-order valence-corrected chi connectivity index (χ3v) is 7.37. The molecule has 0 saturated carbocycles. The van der Waals surface area contributed by atoms with Crippen LogP contribution in [0.5, 0.6) is 0 Å². The Morgan fingerprint density at radius 3 is 2.08 bits per heavy atom. The van der Waals surface area contributed by atoms with Crippen LogP contribution in [0.4, 0.5) is 16.0 Å². The van der Waals surface area contributed by atoms with Crippen molar-refractivity contribution in [1.82, 2.24) is 14.7 Å². The molecule has 194 valence electrons. The van der Waals surface area contributed by atoms with Gasteiger partial charge < -0.3 is 10.6 Å². The van der Waals surface area contributed by atoms with Crippen LogP contribution in [0.2, 0.25) is 0 Å². The number of rotatable bonds is 10. The van der Waals surface area contributed by atoms with E-state index in [1.54, 1.807) is 11.8 Å². The van der Waals surface area contributed by atoms with Gasteiger partial charge in [0.2, 0.25) is 5.95 Å². The van der Waals surface area contributed by atoms with Crippen LogP contribution in [0, 0.1) is 5.82 Å². The molecular weight excluding hydrogens is 529 g/mol. The van der Waals surface area contributed by atoms with Gasteiger partial charge in [0.05, 0.1) is 12.4 Å². The van der Waals surface area contributed by atoms with Crippen molar-refractivity contribution in [2.75, 3.05) is 22.9 Å². The SMILES string of the molecule is O=C(Nc1ccc(C(=O)NS(=O)(=O)c2cnc(NCCSc3ccccc3)nc2)cc1)c1ccc(F)cc1. The first-order valence-corrected chi connectivity index (χ1v) is 13.7. The molecule has 0 unspecified atom stereocenters. The van der Waals surface area contributed by atoms with E-state index in [-0.39, 0.29) is 22.0 Å². The molecule has 4 rings (SSSR count). The molecule has 0 fully saturated rings. The molecule has 1 aromatic heterocycles. The summed E-state index contributed by atoms with van der Waals surface area (Å²) in [5, 5.41) is 5.63. The topological polar surface area (TPSA) is 130 Å². The van der Waals surface area contributed by atoms with Gasteiger partial charge in [-0.15, -0.1) is 11.8 Å². The molecule has 38 heavy (non-hydrogen) atoms. The maximum absolute atomic E-state index is 13.0. The summed E-state index contributed by atoms with van der Waals surface area (Å²) in [5.41, 5.74) is 0.690. The van der Waals surface area contributed by atoms with E-state index in [0.717, 1.165) is 23.0 Å². The van der Waals surface area contributed by atoms with Crippen molar-refractivity contribution in [1.29, 1.82) is 0 Å². The van der Waals surface area contributed by atoms with E-state index in [0.29, 0.717) is 12.2 Å². The number of amides is 2. The molecule has 3 aromatic carbocycles. The van der Waals surface area contributed by atoms with E-state index in [4.69, 9.17) is 0 Å².